The van der Waals surface area contributed by atoms with Gasteiger partial charge in [0.15, 0.2) is 11.6 Å². The van der Waals surface area contributed by atoms with Crippen molar-refractivity contribution < 1.29 is 28.7 Å². The molecule has 0 N–H and O–H groups in total. The Morgan fingerprint density at radius 3 is 2.03 bits per heavy atom. The zero-order valence-electron chi connectivity index (χ0n) is 19.9. The van der Waals surface area contributed by atoms with Crippen LogP contribution in [-0.2, 0) is 27.1 Å². The average Bonchev–Trinajstić information content (AvgIpc) is 3.28. The van der Waals surface area contributed by atoms with E-state index in [-0.39, 0.29) is 18.3 Å². The van der Waals surface area contributed by atoms with Crippen LogP contribution >= 0.6 is 0 Å². The minimum absolute atomic E-state index is 0.124. The summed E-state index contributed by atoms with van der Waals surface area (Å²) >= 11 is 0. The highest BCUT2D eigenvalue weighted by atomic mass is 16.5. The number of esters is 1. The number of ketones is 2. The Labute approximate surface area is 199 Å². The van der Waals surface area contributed by atoms with Crippen LogP contribution in [0.15, 0.2) is 48.5 Å². The van der Waals surface area contributed by atoms with Gasteiger partial charge < -0.3 is 9.47 Å². The number of rotatable bonds is 3. The Hall–Kier alpha value is -3.79. The van der Waals surface area contributed by atoms with Crippen LogP contribution in [0.2, 0.25) is 0 Å². The highest BCUT2D eigenvalue weighted by molar-refractivity contribution is 6.15. The summed E-state index contributed by atoms with van der Waals surface area (Å²) in [7, 11) is 0. The number of carbonyl (C=O) groups is 4. The summed E-state index contributed by atoms with van der Waals surface area (Å²) in [6.45, 7) is 13.7. The maximum absolute atomic E-state index is 12.1. The van der Waals surface area contributed by atoms with E-state index in [0.717, 1.165) is 17.5 Å². The van der Waals surface area contributed by atoms with Gasteiger partial charge in [0.2, 0.25) is 0 Å². The van der Waals surface area contributed by atoms with Gasteiger partial charge in [-0.05, 0) is 44.7 Å². The van der Waals surface area contributed by atoms with Crippen molar-refractivity contribution >= 4 is 23.6 Å². The number of nitrogens with zero attached hydrogens (tertiary/aromatic N) is 1. The topological polar surface area (TPSA) is 91.1 Å². The van der Waals surface area contributed by atoms with Crippen LogP contribution in [-0.4, -0.2) is 36.8 Å². The molecule has 178 valence electrons. The highest BCUT2D eigenvalue weighted by Gasteiger charge is 2.48. The van der Waals surface area contributed by atoms with E-state index in [1.165, 1.54) is 5.56 Å². The van der Waals surface area contributed by atoms with Gasteiger partial charge in [0.25, 0.3) is 0 Å². The van der Waals surface area contributed by atoms with Crippen LogP contribution in [0.25, 0.3) is 4.85 Å². The van der Waals surface area contributed by atoms with Crippen molar-refractivity contribution in [2.75, 3.05) is 13.2 Å². The van der Waals surface area contributed by atoms with E-state index in [1.54, 1.807) is 26.8 Å². The van der Waals surface area contributed by atoms with E-state index in [1.807, 2.05) is 49.4 Å². The van der Waals surface area contributed by atoms with Gasteiger partial charge in [-0.15, -0.1) is 0 Å². The minimum atomic E-state index is -1.03. The average molecular weight is 464 g/mol. The van der Waals surface area contributed by atoms with E-state index in [4.69, 9.17) is 11.3 Å². The largest absolute Gasteiger partial charge is 0.561 e. The van der Waals surface area contributed by atoms with Gasteiger partial charge in [-0.2, -0.15) is 4.85 Å². The minimum Gasteiger partial charge on any atom is -0.486 e. The molecule has 0 radical (unpaired) electrons. The molecule has 0 fully saturated rings. The van der Waals surface area contributed by atoms with Crippen LogP contribution in [0.5, 0.6) is 0 Å². The molecule has 2 unspecified atom stereocenters. The molecule has 2 atom stereocenters. The van der Waals surface area contributed by atoms with Crippen molar-refractivity contribution in [3.05, 3.63) is 82.2 Å². The van der Waals surface area contributed by atoms with E-state index >= 15 is 0 Å². The molecule has 7 heteroatoms. The van der Waals surface area contributed by atoms with E-state index in [9.17, 15) is 19.2 Å². The molecule has 0 aromatic heterocycles. The van der Waals surface area contributed by atoms with Crippen molar-refractivity contribution in [2.45, 2.75) is 40.5 Å². The molecule has 0 bridgehead atoms. The lowest BCUT2D eigenvalue weighted by Crippen LogP contribution is -2.35. The molecule has 2 aliphatic rings. The Bertz CT molecular complexity index is 1120. The molecule has 2 aliphatic carbocycles. The summed E-state index contributed by atoms with van der Waals surface area (Å²) in [5.41, 5.74) is 2.70. The third-order valence-electron chi connectivity index (χ3n) is 5.65. The molecule has 0 saturated heterocycles. The van der Waals surface area contributed by atoms with Gasteiger partial charge in [-0.1, -0.05) is 55.5 Å². The van der Waals surface area contributed by atoms with Gasteiger partial charge in [0.1, 0.15) is 12.0 Å². The first kappa shape index (κ1) is 26.5. The molecule has 2 aromatic rings. The number of ether oxygens (including phenoxy) is 2. The number of hydrogen-bond donors (Lipinski definition) is 0. The van der Waals surface area contributed by atoms with Crippen LogP contribution < -0.4 is 0 Å². The predicted octanol–water partition coefficient (Wildman–Crippen LogP) is 5.12. The monoisotopic (exact) mass is 463 g/mol. The maximum Gasteiger partial charge on any atom is 0.561 e. The zero-order valence-corrected chi connectivity index (χ0v) is 19.9. The van der Waals surface area contributed by atoms with Gasteiger partial charge in [-0.3, -0.25) is 19.2 Å². The quantitative estimate of drug-likeness (QED) is 0.357. The molecule has 34 heavy (non-hydrogen) atoms. The van der Waals surface area contributed by atoms with Gasteiger partial charge in [0, 0.05) is 17.0 Å². The lowest BCUT2D eigenvalue weighted by molar-refractivity contribution is -0.151. The SMILES string of the molecule is CC1Cc2ccccc2C1=O.CCOC(=O)C1(C)Cc2ccccc2C1=O.[C-]#[N+]C(=O)OCC. The number of Topliss-reactive ketones (excluding diaryl/α,β-unsaturated/α-hetero) is 2. The smallest absolute Gasteiger partial charge is 0.486 e. The van der Waals surface area contributed by atoms with Crippen molar-refractivity contribution in [3.63, 3.8) is 0 Å². The zero-order chi connectivity index (χ0) is 25.3. The molecule has 0 heterocycles. The molecule has 4 rings (SSSR count). The Balaban J connectivity index is 0.000000197. The van der Waals surface area contributed by atoms with Crippen LogP contribution in [0.3, 0.4) is 0 Å². The lowest BCUT2D eigenvalue weighted by Gasteiger charge is -2.19. The Morgan fingerprint density at radius 2 is 1.53 bits per heavy atom. The fourth-order valence-corrected chi connectivity index (χ4v) is 3.89. The molecular weight excluding hydrogens is 434 g/mol. The van der Waals surface area contributed by atoms with Gasteiger partial charge in [0.05, 0.1) is 13.2 Å². The van der Waals surface area contributed by atoms with Gasteiger partial charge in [-0.25, -0.2) is 0 Å². The van der Waals surface area contributed by atoms with Gasteiger partial charge >= 0.3 is 12.1 Å². The van der Waals surface area contributed by atoms with Crippen LogP contribution in [0, 0.1) is 17.9 Å². The summed E-state index contributed by atoms with van der Waals surface area (Å²) in [5, 5.41) is 0. The van der Waals surface area contributed by atoms with Crippen molar-refractivity contribution in [1.82, 2.24) is 0 Å². The first-order chi connectivity index (χ1) is 16.2. The fourth-order valence-electron chi connectivity index (χ4n) is 3.89. The number of fused-ring (bicyclic) bond motifs is 2. The highest BCUT2D eigenvalue weighted by Crippen LogP contribution is 2.37. The van der Waals surface area contributed by atoms with E-state index in [0.29, 0.717) is 24.4 Å². The van der Waals surface area contributed by atoms with Crippen LogP contribution in [0.1, 0.15) is 59.5 Å². The van der Waals surface area contributed by atoms with Crippen molar-refractivity contribution in [2.24, 2.45) is 11.3 Å². The van der Waals surface area contributed by atoms with E-state index in [2.05, 4.69) is 9.58 Å². The fraction of sp³-hybridized carbons (Fsp3) is 0.370. The molecule has 1 amide bonds. The van der Waals surface area contributed by atoms with Crippen molar-refractivity contribution in [3.8, 4) is 0 Å². The second-order valence-electron chi connectivity index (χ2n) is 8.15. The maximum atomic E-state index is 12.1. The van der Waals surface area contributed by atoms with E-state index < -0.39 is 17.5 Å². The third-order valence-corrected chi connectivity index (χ3v) is 5.65. The number of amides is 1. The summed E-state index contributed by atoms with van der Waals surface area (Å²) in [6, 6.07) is 15.2. The standard InChI is InChI=1S/C13H14O3.C10H10O.C4H5NO2/c1-3-16-12(15)13(2)8-9-6-4-5-7-10(9)11(13)14;1-7-6-8-4-2-3-5-9(8)10(7)11;1-3-7-4(6)5-2/h4-7H,3,8H2,1-2H3;2-5,7H,6H2,1H3;3H2,1H3. The first-order valence-electron chi connectivity index (χ1n) is 11.2. The molecule has 0 spiro atoms. The lowest BCUT2D eigenvalue weighted by atomic mass is 9.86. The third kappa shape index (κ3) is 5.96. The Morgan fingerprint density at radius 1 is 0.971 bits per heavy atom. The summed E-state index contributed by atoms with van der Waals surface area (Å²) < 4.78 is 9.17. The molecule has 2 aromatic carbocycles. The number of carbonyl (C=O) groups excluding carboxylic acids is 4. The number of benzene rings is 2. The Kier molecular flexibility index (Phi) is 9.26. The van der Waals surface area contributed by atoms with Crippen molar-refractivity contribution in [1.29, 1.82) is 0 Å². The summed E-state index contributed by atoms with van der Waals surface area (Å²) in [4.78, 5) is 47.6. The second kappa shape index (κ2) is 11.9. The normalized spacial score (nSPS) is 19.3. The molecule has 0 aliphatic heterocycles. The predicted molar refractivity (Wildman–Crippen MR) is 126 cm³/mol. The van der Waals surface area contributed by atoms with Crippen LogP contribution in [0.4, 0.5) is 4.79 Å². The molecule has 0 saturated carbocycles. The second-order valence-corrected chi connectivity index (χ2v) is 8.15. The number of hydrogen-bond acceptors (Lipinski definition) is 6. The molecular formula is C27H29NO6. The summed E-state index contributed by atoms with van der Waals surface area (Å²) in [6.07, 6.45) is 0.540. The molecule has 7 nitrogen and oxygen atoms in total. The first-order valence-corrected chi connectivity index (χ1v) is 11.2. The summed E-state index contributed by atoms with van der Waals surface area (Å²) in [5.74, 6) is -0.0363.